The highest BCUT2D eigenvalue weighted by atomic mass is 79.9. The number of fused-ring (bicyclic) bond motifs is 1. The first kappa shape index (κ1) is 18.2. The van der Waals surface area contributed by atoms with E-state index in [0.717, 1.165) is 21.5 Å². The summed E-state index contributed by atoms with van der Waals surface area (Å²) in [5.74, 6) is 1.47. The Morgan fingerprint density at radius 1 is 1.16 bits per heavy atom. The van der Waals surface area contributed by atoms with E-state index in [1.807, 2.05) is 38.1 Å². The number of nitrogens with one attached hydrogen (secondary N) is 1. The lowest BCUT2D eigenvalue weighted by atomic mass is 10.1. The lowest BCUT2D eigenvalue weighted by Gasteiger charge is -2.19. The van der Waals surface area contributed by atoms with Gasteiger partial charge in [-0.15, -0.1) is 0 Å². The Hall–Kier alpha value is -1.56. The number of hydrogen-bond donors (Lipinski definition) is 2. The van der Waals surface area contributed by atoms with E-state index in [2.05, 4.69) is 33.4 Å². The Balaban J connectivity index is 1.77. The molecule has 5 heteroatoms. The van der Waals surface area contributed by atoms with Gasteiger partial charge in [-0.2, -0.15) is 0 Å². The van der Waals surface area contributed by atoms with Gasteiger partial charge in [-0.3, -0.25) is 0 Å². The van der Waals surface area contributed by atoms with Crippen LogP contribution in [0.15, 0.2) is 40.9 Å². The molecule has 1 aliphatic rings. The summed E-state index contributed by atoms with van der Waals surface area (Å²) in [7, 11) is 0. The summed E-state index contributed by atoms with van der Waals surface area (Å²) in [5.41, 5.74) is 3.48. The summed E-state index contributed by atoms with van der Waals surface area (Å²) >= 11 is 3.58. The monoisotopic (exact) mass is 405 g/mol. The van der Waals surface area contributed by atoms with Gasteiger partial charge in [0.25, 0.3) is 0 Å². The normalized spacial score (nSPS) is 18.9. The molecule has 0 radical (unpaired) electrons. The minimum Gasteiger partial charge on any atom is -0.490 e. The number of aliphatic hydroxyl groups is 1. The van der Waals surface area contributed by atoms with Gasteiger partial charge < -0.3 is 19.9 Å². The van der Waals surface area contributed by atoms with Crippen LogP contribution < -0.4 is 14.8 Å². The van der Waals surface area contributed by atoms with Crippen LogP contribution in [0.25, 0.3) is 0 Å². The van der Waals surface area contributed by atoms with Crippen LogP contribution in [0.3, 0.4) is 0 Å². The highest BCUT2D eigenvalue weighted by Crippen LogP contribution is 2.37. The summed E-state index contributed by atoms with van der Waals surface area (Å²) in [5, 5.41) is 13.9. The molecule has 2 N–H and O–H groups in total. The minimum atomic E-state index is -0.394. The van der Waals surface area contributed by atoms with Gasteiger partial charge in [0, 0.05) is 13.0 Å². The largest absolute Gasteiger partial charge is 0.490 e. The van der Waals surface area contributed by atoms with Crippen LogP contribution >= 0.6 is 15.9 Å². The maximum Gasteiger partial charge on any atom is 0.175 e. The third-order valence-electron chi connectivity index (χ3n) is 4.39. The van der Waals surface area contributed by atoms with Gasteiger partial charge in [0.1, 0.15) is 0 Å². The van der Waals surface area contributed by atoms with Crippen LogP contribution in [0.4, 0.5) is 0 Å². The molecular weight excluding hydrogens is 382 g/mol. The van der Waals surface area contributed by atoms with Crippen molar-refractivity contribution < 1.29 is 14.6 Å². The van der Waals surface area contributed by atoms with Gasteiger partial charge in [-0.25, -0.2) is 0 Å². The average Bonchev–Trinajstić information content (AvgIpc) is 2.91. The molecule has 0 spiro atoms. The van der Waals surface area contributed by atoms with E-state index in [-0.39, 0.29) is 6.04 Å². The molecule has 2 atom stereocenters. The Labute approximate surface area is 157 Å². The zero-order chi connectivity index (χ0) is 17.8. The quantitative estimate of drug-likeness (QED) is 0.730. The van der Waals surface area contributed by atoms with Crippen molar-refractivity contribution in [1.29, 1.82) is 0 Å². The van der Waals surface area contributed by atoms with Crippen molar-refractivity contribution in [3.8, 4) is 11.5 Å². The van der Waals surface area contributed by atoms with E-state index in [4.69, 9.17) is 9.47 Å². The molecule has 0 bridgehead atoms. The molecule has 0 heterocycles. The van der Waals surface area contributed by atoms with Crippen LogP contribution in [0.1, 0.15) is 36.6 Å². The third-order valence-corrected chi connectivity index (χ3v) is 4.98. The Morgan fingerprint density at radius 2 is 1.92 bits per heavy atom. The first-order valence-electron chi connectivity index (χ1n) is 8.71. The summed E-state index contributed by atoms with van der Waals surface area (Å²) in [6.45, 7) is 5.72. The first-order chi connectivity index (χ1) is 12.1. The fraction of sp³-hybridized carbons (Fsp3) is 0.400. The van der Waals surface area contributed by atoms with Gasteiger partial charge in [-0.1, -0.05) is 24.3 Å². The first-order valence-corrected chi connectivity index (χ1v) is 9.50. The lowest BCUT2D eigenvalue weighted by molar-refractivity contribution is 0.140. The van der Waals surface area contributed by atoms with E-state index < -0.39 is 6.10 Å². The summed E-state index contributed by atoms with van der Waals surface area (Å²) in [4.78, 5) is 0. The van der Waals surface area contributed by atoms with Crippen LogP contribution in [0.5, 0.6) is 11.5 Å². The third kappa shape index (κ3) is 4.00. The number of rotatable bonds is 7. The number of aliphatic hydroxyl groups excluding tert-OH is 1. The second-order valence-electron chi connectivity index (χ2n) is 6.10. The second kappa shape index (κ2) is 8.21. The Kier molecular flexibility index (Phi) is 5.99. The van der Waals surface area contributed by atoms with E-state index in [0.29, 0.717) is 26.2 Å². The van der Waals surface area contributed by atoms with Gasteiger partial charge in [0.05, 0.1) is 29.8 Å². The van der Waals surface area contributed by atoms with Crippen molar-refractivity contribution in [2.24, 2.45) is 0 Å². The number of hydrogen-bond acceptors (Lipinski definition) is 4. The molecule has 1 aliphatic carbocycles. The van der Waals surface area contributed by atoms with E-state index in [1.165, 1.54) is 11.1 Å². The van der Waals surface area contributed by atoms with Crippen LogP contribution in [-0.4, -0.2) is 24.4 Å². The molecule has 0 unspecified atom stereocenters. The zero-order valence-electron chi connectivity index (χ0n) is 14.6. The molecule has 0 aromatic heterocycles. The van der Waals surface area contributed by atoms with Crippen LogP contribution in [0, 0.1) is 0 Å². The molecule has 0 fully saturated rings. The molecular formula is C20H24BrNO3. The minimum absolute atomic E-state index is 0.0444. The highest BCUT2D eigenvalue weighted by molar-refractivity contribution is 9.10. The second-order valence-corrected chi connectivity index (χ2v) is 6.95. The van der Waals surface area contributed by atoms with Crippen LogP contribution in [0.2, 0.25) is 0 Å². The predicted octanol–water partition coefficient (Wildman–Crippen LogP) is 3.99. The molecule has 4 nitrogen and oxygen atoms in total. The van der Waals surface area contributed by atoms with Crippen molar-refractivity contribution in [2.45, 2.75) is 39.0 Å². The number of halogens is 1. The topological polar surface area (TPSA) is 50.7 Å². The number of ether oxygens (including phenoxy) is 2. The van der Waals surface area contributed by atoms with E-state index in [1.54, 1.807) is 0 Å². The van der Waals surface area contributed by atoms with Crippen molar-refractivity contribution in [2.75, 3.05) is 13.2 Å². The van der Waals surface area contributed by atoms with Crippen molar-refractivity contribution >= 4 is 15.9 Å². The molecule has 2 aromatic carbocycles. The van der Waals surface area contributed by atoms with Crippen molar-refractivity contribution in [3.63, 3.8) is 0 Å². The molecule has 2 aromatic rings. The fourth-order valence-electron chi connectivity index (χ4n) is 3.32. The summed E-state index contributed by atoms with van der Waals surface area (Å²) in [6.07, 6.45) is 0.306. The van der Waals surface area contributed by atoms with Crippen LogP contribution in [-0.2, 0) is 13.0 Å². The molecule has 25 heavy (non-hydrogen) atoms. The molecule has 0 saturated carbocycles. The SMILES string of the molecule is CCOc1cc(CN[C@@H]2c3ccccc3C[C@@H]2O)cc(Br)c1OCC. The predicted molar refractivity (Wildman–Crippen MR) is 102 cm³/mol. The molecule has 0 aliphatic heterocycles. The molecule has 0 amide bonds. The fourth-order valence-corrected chi connectivity index (χ4v) is 3.92. The van der Waals surface area contributed by atoms with Crippen molar-refractivity contribution in [3.05, 3.63) is 57.6 Å². The molecule has 0 saturated heterocycles. The molecule has 134 valence electrons. The maximum atomic E-state index is 10.4. The maximum absolute atomic E-state index is 10.4. The van der Waals surface area contributed by atoms with Gasteiger partial charge in [-0.05, 0) is 58.6 Å². The Morgan fingerprint density at radius 3 is 2.68 bits per heavy atom. The smallest absolute Gasteiger partial charge is 0.175 e. The number of benzene rings is 2. The van der Waals surface area contributed by atoms with Gasteiger partial charge >= 0.3 is 0 Å². The van der Waals surface area contributed by atoms with E-state index in [9.17, 15) is 5.11 Å². The lowest BCUT2D eigenvalue weighted by Crippen LogP contribution is -2.28. The highest BCUT2D eigenvalue weighted by Gasteiger charge is 2.30. The van der Waals surface area contributed by atoms with Crippen molar-refractivity contribution in [1.82, 2.24) is 5.32 Å². The zero-order valence-corrected chi connectivity index (χ0v) is 16.2. The average molecular weight is 406 g/mol. The Bertz CT molecular complexity index is 735. The summed E-state index contributed by atoms with van der Waals surface area (Å²) in [6, 6.07) is 12.2. The van der Waals surface area contributed by atoms with Gasteiger partial charge in [0.2, 0.25) is 0 Å². The standard InChI is InChI=1S/C20H24BrNO3/c1-3-24-18-10-13(9-16(21)20(18)25-4-2)12-22-19-15-8-6-5-7-14(15)11-17(19)23/h5-10,17,19,22-23H,3-4,11-12H2,1-2H3/t17-,19+/m0/s1. The van der Waals surface area contributed by atoms with E-state index >= 15 is 0 Å². The molecule has 3 rings (SSSR count). The summed E-state index contributed by atoms with van der Waals surface area (Å²) < 4.78 is 12.3. The van der Waals surface area contributed by atoms with Gasteiger partial charge in [0.15, 0.2) is 11.5 Å².